The lowest BCUT2D eigenvalue weighted by atomic mass is 10.1. The quantitative estimate of drug-likeness (QED) is 0.307. The second kappa shape index (κ2) is 8.28. The fourth-order valence-corrected chi connectivity index (χ4v) is 4.10. The van der Waals surface area contributed by atoms with Crippen LogP contribution in [0.2, 0.25) is 0 Å². The van der Waals surface area contributed by atoms with E-state index in [1.807, 2.05) is 18.2 Å². The average Bonchev–Trinajstić information content (AvgIpc) is 3.48. The maximum absolute atomic E-state index is 13.4. The normalized spacial score (nSPS) is 11.5. The Kier molecular flexibility index (Phi) is 4.95. The summed E-state index contributed by atoms with van der Waals surface area (Å²) in [5.41, 5.74) is 7.83. The lowest BCUT2D eigenvalue weighted by Crippen LogP contribution is -2.09. The third-order valence-corrected chi connectivity index (χ3v) is 5.67. The number of aromatic amines is 2. The number of benzene rings is 1. The molecule has 172 valence electrons. The molecular weight excluding hydrogens is 443 g/mol. The van der Waals surface area contributed by atoms with Crippen LogP contribution < -0.4 is 5.32 Å². The molecule has 8 nitrogen and oxygen atoms in total. The molecule has 0 spiro atoms. The van der Waals surface area contributed by atoms with Gasteiger partial charge in [-0.1, -0.05) is 12.1 Å². The minimum absolute atomic E-state index is 0.290. The number of H-pyrrole nitrogens is 2. The fraction of sp³-hybridized carbons (Fsp3) is 0.115. The minimum atomic E-state index is -0.290. The van der Waals surface area contributed by atoms with Gasteiger partial charge >= 0.3 is 0 Å². The van der Waals surface area contributed by atoms with Crippen LogP contribution in [0.15, 0.2) is 67.3 Å². The van der Waals surface area contributed by atoms with Crippen LogP contribution in [0.3, 0.4) is 0 Å². The number of halogens is 1. The van der Waals surface area contributed by atoms with Crippen LogP contribution in [-0.4, -0.2) is 41.2 Å². The zero-order valence-corrected chi connectivity index (χ0v) is 19.0. The van der Waals surface area contributed by atoms with Crippen LogP contribution >= 0.6 is 0 Å². The highest BCUT2D eigenvalue weighted by molar-refractivity contribution is 5.95. The largest absolute Gasteiger partial charge is 0.382 e. The highest BCUT2D eigenvalue weighted by Gasteiger charge is 2.17. The lowest BCUT2D eigenvalue weighted by Gasteiger charge is -2.10. The summed E-state index contributed by atoms with van der Waals surface area (Å²) in [6.07, 6.45) is 7.03. The summed E-state index contributed by atoms with van der Waals surface area (Å²) >= 11 is 0. The van der Waals surface area contributed by atoms with Gasteiger partial charge in [0, 0.05) is 35.8 Å². The summed E-state index contributed by atoms with van der Waals surface area (Å²) in [5, 5.41) is 10.9. The van der Waals surface area contributed by atoms with Crippen LogP contribution in [-0.2, 0) is 0 Å². The van der Waals surface area contributed by atoms with E-state index in [1.54, 1.807) is 36.9 Å². The van der Waals surface area contributed by atoms with Gasteiger partial charge in [0.15, 0.2) is 11.5 Å². The maximum Gasteiger partial charge on any atom is 0.161 e. The van der Waals surface area contributed by atoms with Crippen molar-refractivity contribution < 1.29 is 4.39 Å². The number of hydrogen-bond acceptors (Lipinski definition) is 6. The zero-order valence-electron chi connectivity index (χ0n) is 19.0. The Morgan fingerprint density at radius 3 is 2.49 bits per heavy atom. The van der Waals surface area contributed by atoms with Crippen LogP contribution in [0, 0.1) is 5.82 Å². The molecule has 0 atom stereocenters. The predicted molar refractivity (Wildman–Crippen MR) is 134 cm³/mol. The van der Waals surface area contributed by atoms with E-state index in [0.717, 1.165) is 44.6 Å². The number of pyridine rings is 3. The molecule has 35 heavy (non-hydrogen) atoms. The first-order valence-electron chi connectivity index (χ1n) is 11.2. The Balaban J connectivity index is 1.44. The van der Waals surface area contributed by atoms with Crippen LogP contribution in [0.5, 0.6) is 0 Å². The van der Waals surface area contributed by atoms with Crippen molar-refractivity contribution in [3.8, 4) is 33.9 Å². The molecule has 0 saturated heterocycles. The molecule has 0 saturated carbocycles. The first kappa shape index (κ1) is 20.9. The summed E-state index contributed by atoms with van der Waals surface area (Å²) in [6, 6.07) is 12.5. The summed E-state index contributed by atoms with van der Waals surface area (Å²) in [4.78, 5) is 21.7. The molecule has 6 aromatic rings. The predicted octanol–water partition coefficient (Wildman–Crippen LogP) is 5.58. The van der Waals surface area contributed by atoms with Gasteiger partial charge in [-0.3, -0.25) is 15.1 Å². The molecule has 5 heterocycles. The number of anilines is 1. The maximum atomic E-state index is 13.4. The van der Waals surface area contributed by atoms with Crippen molar-refractivity contribution >= 4 is 27.8 Å². The van der Waals surface area contributed by atoms with Crippen molar-refractivity contribution in [1.29, 1.82) is 0 Å². The molecule has 3 N–H and O–H groups in total. The van der Waals surface area contributed by atoms with Gasteiger partial charge < -0.3 is 10.3 Å². The number of nitrogens with zero attached hydrogens (tertiary/aromatic N) is 5. The van der Waals surface area contributed by atoms with Crippen molar-refractivity contribution in [2.45, 2.75) is 19.9 Å². The van der Waals surface area contributed by atoms with E-state index in [1.165, 1.54) is 12.1 Å². The number of hydrogen-bond donors (Lipinski definition) is 3. The zero-order chi connectivity index (χ0) is 23.9. The second-order valence-electron chi connectivity index (χ2n) is 8.60. The summed E-state index contributed by atoms with van der Waals surface area (Å²) in [6.45, 7) is 4.16. The molecule has 5 aromatic heterocycles. The molecule has 6 rings (SSSR count). The molecular formula is C26H21FN8. The summed E-state index contributed by atoms with van der Waals surface area (Å²) in [7, 11) is 0. The lowest BCUT2D eigenvalue weighted by molar-refractivity contribution is 0.628. The SMILES string of the molecule is CC(C)Nc1cncc(-c2ccc3[nH]nc(-c4nc5c(-c6ccc(F)cc6)cncc5[nH]4)c3n2)c1. The van der Waals surface area contributed by atoms with Gasteiger partial charge in [-0.25, -0.2) is 14.4 Å². The van der Waals surface area contributed by atoms with Crippen LogP contribution in [0.4, 0.5) is 10.1 Å². The molecule has 0 amide bonds. The van der Waals surface area contributed by atoms with Crippen LogP contribution in [0.25, 0.3) is 56.0 Å². The molecule has 0 unspecified atom stereocenters. The van der Waals surface area contributed by atoms with Gasteiger partial charge in [0.25, 0.3) is 0 Å². The number of rotatable bonds is 5. The number of nitrogens with one attached hydrogen (secondary N) is 3. The van der Waals surface area contributed by atoms with Gasteiger partial charge in [0.2, 0.25) is 0 Å². The van der Waals surface area contributed by atoms with E-state index < -0.39 is 0 Å². The van der Waals surface area contributed by atoms with Crippen molar-refractivity contribution in [1.82, 2.24) is 35.1 Å². The van der Waals surface area contributed by atoms with Gasteiger partial charge in [-0.15, -0.1) is 0 Å². The molecule has 9 heteroatoms. The average molecular weight is 465 g/mol. The third-order valence-electron chi connectivity index (χ3n) is 5.67. The standard InChI is InChI=1S/C26H21FN8/c1-14(2)30-18-9-16(10-28-11-18)20-7-8-21-24(31-20)25(35-34-21)26-32-22-13-29-12-19(23(22)33-26)15-3-5-17(27)6-4-15/h3-14,30H,1-2H3,(H,32,33)(H,34,35). The molecule has 0 aliphatic rings. The molecule has 0 aliphatic carbocycles. The van der Waals surface area contributed by atoms with Crippen molar-refractivity contribution in [2.75, 3.05) is 5.32 Å². The Morgan fingerprint density at radius 2 is 1.66 bits per heavy atom. The van der Waals surface area contributed by atoms with E-state index >= 15 is 0 Å². The van der Waals surface area contributed by atoms with E-state index in [0.29, 0.717) is 23.1 Å². The molecule has 0 bridgehead atoms. The van der Waals surface area contributed by atoms with Gasteiger partial charge in [0.05, 0.1) is 34.1 Å². The van der Waals surface area contributed by atoms with E-state index in [9.17, 15) is 4.39 Å². The third kappa shape index (κ3) is 3.86. The number of aromatic nitrogens is 7. The molecule has 0 radical (unpaired) electrons. The van der Waals surface area contributed by atoms with Crippen LogP contribution in [0.1, 0.15) is 13.8 Å². The molecule has 0 aliphatic heterocycles. The van der Waals surface area contributed by atoms with E-state index in [4.69, 9.17) is 9.97 Å². The van der Waals surface area contributed by atoms with Crippen molar-refractivity contribution in [2.24, 2.45) is 0 Å². The smallest absolute Gasteiger partial charge is 0.161 e. The first-order valence-corrected chi connectivity index (χ1v) is 11.2. The van der Waals surface area contributed by atoms with Crippen molar-refractivity contribution in [3.05, 3.63) is 73.1 Å². The highest BCUT2D eigenvalue weighted by atomic mass is 19.1. The topological polar surface area (TPSA) is 108 Å². The highest BCUT2D eigenvalue weighted by Crippen LogP contribution is 2.31. The number of imidazole rings is 1. The Bertz CT molecular complexity index is 1670. The molecule has 1 aromatic carbocycles. The monoisotopic (exact) mass is 464 g/mol. The minimum Gasteiger partial charge on any atom is -0.382 e. The van der Waals surface area contributed by atoms with Gasteiger partial charge in [-0.2, -0.15) is 5.10 Å². The summed E-state index contributed by atoms with van der Waals surface area (Å²) in [5.74, 6) is 0.280. The Labute approximate surface area is 199 Å². The fourth-order valence-electron chi connectivity index (χ4n) is 4.10. The number of fused-ring (bicyclic) bond motifs is 2. The second-order valence-corrected chi connectivity index (χ2v) is 8.60. The Morgan fingerprint density at radius 1 is 0.829 bits per heavy atom. The van der Waals surface area contributed by atoms with Gasteiger partial charge in [0.1, 0.15) is 11.3 Å². The van der Waals surface area contributed by atoms with Crippen molar-refractivity contribution in [3.63, 3.8) is 0 Å². The van der Waals surface area contributed by atoms with Gasteiger partial charge in [-0.05, 0) is 49.7 Å². The first-order chi connectivity index (χ1) is 17.0. The van der Waals surface area contributed by atoms with E-state index in [-0.39, 0.29) is 5.82 Å². The van der Waals surface area contributed by atoms with E-state index in [2.05, 4.69) is 44.3 Å². The summed E-state index contributed by atoms with van der Waals surface area (Å²) < 4.78 is 13.4. The Hall–Kier alpha value is -4.66. The molecule has 0 fully saturated rings.